The van der Waals surface area contributed by atoms with E-state index in [9.17, 15) is 9.90 Å². The number of nitrogens with zero attached hydrogens (tertiary/aromatic N) is 1. The first kappa shape index (κ1) is 15.3. The summed E-state index contributed by atoms with van der Waals surface area (Å²) in [5.41, 5.74) is 1.04. The minimum atomic E-state index is -0.542. The molecule has 3 aromatic rings. The smallest absolute Gasteiger partial charge is 0.352 e. The molecule has 0 fully saturated rings. The fourth-order valence-corrected chi connectivity index (χ4v) is 3.05. The number of hydrogen-bond acceptors (Lipinski definition) is 6. The van der Waals surface area contributed by atoms with E-state index in [4.69, 9.17) is 9.47 Å². The summed E-state index contributed by atoms with van der Waals surface area (Å²) in [5, 5.41) is 10.6. The van der Waals surface area contributed by atoms with Gasteiger partial charge in [0.05, 0.1) is 12.0 Å². The second-order valence-corrected chi connectivity index (χ2v) is 5.78. The SMILES string of the molecule is CCOC(=O)c1sc2nc(OCc3ccccc3)ccc2c1O. The maximum Gasteiger partial charge on any atom is 0.352 e. The van der Waals surface area contributed by atoms with E-state index in [1.165, 1.54) is 0 Å². The van der Waals surface area contributed by atoms with Crippen LogP contribution in [0.1, 0.15) is 22.2 Å². The zero-order valence-electron chi connectivity index (χ0n) is 12.5. The number of rotatable bonds is 5. The average Bonchev–Trinajstić information content (AvgIpc) is 2.91. The zero-order valence-corrected chi connectivity index (χ0v) is 13.3. The van der Waals surface area contributed by atoms with Gasteiger partial charge >= 0.3 is 5.97 Å². The van der Waals surface area contributed by atoms with Crippen molar-refractivity contribution < 1.29 is 19.4 Å². The van der Waals surface area contributed by atoms with Crippen LogP contribution in [0.25, 0.3) is 10.2 Å². The normalized spacial score (nSPS) is 10.7. The number of aromatic hydroxyl groups is 1. The van der Waals surface area contributed by atoms with E-state index in [1.807, 2.05) is 30.3 Å². The van der Waals surface area contributed by atoms with Gasteiger partial charge in [-0.1, -0.05) is 30.3 Å². The van der Waals surface area contributed by atoms with Gasteiger partial charge in [-0.25, -0.2) is 9.78 Å². The number of aromatic nitrogens is 1. The van der Waals surface area contributed by atoms with Crippen LogP contribution in [-0.2, 0) is 11.3 Å². The minimum Gasteiger partial charge on any atom is -0.505 e. The van der Waals surface area contributed by atoms with Crippen molar-refractivity contribution in [3.63, 3.8) is 0 Å². The fraction of sp³-hybridized carbons (Fsp3) is 0.176. The highest BCUT2D eigenvalue weighted by Gasteiger charge is 2.20. The molecule has 0 spiro atoms. The first-order valence-corrected chi connectivity index (χ1v) is 7.97. The van der Waals surface area contributed by atoms with Crippen molar-refractivity contribution in [2.45, 2.75) is 13.5 Å². The quantitative estimate of drug-likeness (QED) is 0.722. The monoisotopic (exact) mass is 329 g/mol. The van der Waals surface area contributed by atoms with Crippen LogP contribution in [0.3, 0.4) is 0 Å². The summed E-state index contributed by atoms with van der Waals surface area (Å²) < 4.78 is 10.6. The molecular formula is C17H15NO4S. The molecule has 0 aliphatic carbocycles. The molecule has 0 radical (unpaired) electrons. The molecule has 23 heavy (non-hydrogen) atoms. The van der Waals surface area contributed by atoms with Crippen LogP contribution >= 0.6 is 11.3 Å². The fourth-order valence-electron chi connectivity index (χ4n) is 2.10. The van der Waals surface area contributed by atoms with Gasteiger partial charge in [0.15, 0.2) is 10.6 Å². The van der Waals surface area contributed by atoms with Crippen LogP contribution in [-0.4, -0.2) is 22.7 Å². The molecule has 118 valence electrons. The largest absolute Gasteiger partial charge is 0.505 e. The average molecular weight is 329 g/mol. The van der Waals surface area contributed by atoms with Gasteiger partial charge in [0, 0.05) is 6.07 Å². The number of carbonyl (C=O) groups excluding carboxylic acids is 1. The zero-order chi connectivity index (χ0) is 16.2. The lowest BCUT2D eigenvalue weighted by Crippen LogP contribution is -2.01. The third kappa shape index (κ3) is 3.27. The Hall–Kier alpha value is -2.60. The lowest BCUT2D eigenvalue weighted by atomic mass is 10.2. The molecule has 0 amide bonds. The standard InChI is InChI=1S/C17H15NO4S/c1-2-21-17(20)15-14(19)12-8-9-13(18-16(12)23-15)22-10-11-6-4-3-5-7-11/h3-9,19H,2,10H2,1H3. The van der Waals surface area contributed by atoms with Gasteiger partial charge in [-0.05, 0) is 18.6 Å². The Bertz CT molecular complexity index is 829. The van der Waals surface area contributed by atoms with Crippen molar-refractivity contribution in [3.8, 4) is 11.6 Å². The summed E-state index contributed by atoms with van der Waals surface area (Å²) in [7, 11) is 0. The molecule has 6 heteroatoms. The Morgan fingerprint density at radius 1 is 1.22 bits per heavy atom. The molecule has 0 atom stereocenters. The van der Waals surface area contributed by atoms with E-state index in [0.29, 0.717) is 22.7 Å². The molecule has 1 aromatic carbocycles. The summed E-state index contributed by atoms with van der Waals surface area (Å²) in [4.78, 5) is 16.8. The van der Waals surface area contributed by atoms with E-state index in [2.05, 4.69) is 4.98 Å². The molecule has 1 N–H and O–H groups in total. The Labute approximate surface area is 137 Å². The van der Waals surface area contributed by atoms with Gasteiger partial charge in [-0.15, -0.1) is 11.3 Å². The highest BCUT2D eigenvalue weighted by atomic mass is 32.1. The van der Waals surface area contributed by atoms with Crippen molar-refractivity contribution in [3.05, 3.63) is 52.9 Å². The third-order valence-electron chi connectivity index (χ3n) is 3.19. The van der Waals surface area contributed by atoms with Crippen LogP contribution in [0, 0.1) is 0 Å². The molecule has 0 unspecified atom stereocenters. The maximum absolute atomic E-state index is 11.8. The number of fused-ring (bicyclic) bond motifs is 1. The van der Waals surface area contributed by atoms with E-state index in [0.717, 1.165) is 16.9 Å². The van der Waals surface area contributed by atoms with Gasteiger partial charge in [0.1, 0.15) is 11.4 Å². The number of hydrogen-bond donors (Lipinski definition) is 1. The number of thiophene rings is 1. The lowest BCUT2D eigenvalue weighted by Gasteiger charge is -2.04. The number of benzene rings is 1. The summed E-state index contributed by atoms with van der Waals surface area (Å²) >= 11 is 1.09. The van der Waals surface area contributed by atoms with E-state index >= 15 is 0 Å². The molecule has 2 heterocycles. The molecule has 0 bridgehead atoms. The van der Waals surface area contributed by atoms with Gasteiger partial charge < -0.3 is 14.6 Å². The molecular weight excluding hydrogens is 314 g/mol. The van der Waals surface area contributed by atoms with Gasteiger partial charge in [0.2, 0.25) is 5.88 Å². The highest BCUT2D eigenvalue weighted by molar-refractivity contribution is 7.20. The van der Waals surface area contributed by atoms with Crippen molar-refractivity contribution >= 4 is 27.5 Å². The van der Waals surface area contributed by atoms with Crippen molar-refractivity contribution in [2.24, 2.45) is 0 Å². The number of esters is 1. The molecule has 2 aromatic heterocycles. The summed E-state index contributed by atoms with van der Waals surface area (Å²) in [5.74, 6) is -0.191. The molecule has 0 aliphatic rings. The maximum atomic E-state index is 11.8. The highest BCUT2D eigenvalue weighted by Crippen LogP contribution is 2.37. The summed E-state index contributed by atoms with van der Waals surface area (Å²) in [6.45, 7) is 2.38. The predicted molar refractivity (Wildman–Crippen MR) is 88.0 cm³/mol. The second kappa shape index (κ2) is 6.66. The van der Waals surface area contributed by atoms with E-state index in [1.54, 1.807) is 19.1 Å². The Kier molecular flexibility index (Phi) is 4.43. The molecule has 5 nitrogen and oxygen atoms in total. The Morgan fingerprint density at radius 3 is 2.74 bits per heavy atom. The molecule has 0 saturated carbocycles. The second-order valence-electron chi connectivity index (χ2n) is 4.78. The van der Waals surface area contributed by atoms with Crippen molar-refractivity contribution in [2.75, 3.05) is 6.61 Å². The molecule has 3 rings (SSSR count). The first-order chi connectivity index (χ1) is 11.2. The van der Waals surface area contributed by atoms with E-state index in [-0.39, 0.29) is 17.2 Å². The number of ether oxygens (including phenoxy) is 2. The van der Waals surface area contributed by atoms with Crippen molar-refractivity contribution in [1.29, 1.82) is 0 Å². The first-order valence-electron chi connectivity index (χ1n) is 7.15. The minimum absolute atomic E-state index is 0.0921. The van der Waals surface area contributed by atoms with Crippen LogP contribution in [0.5, 0.6) is 11.6 Å². The lowest BCUT2D eigenvalue weighted by molar-refractivity contribution is 0.0529. The third-order valence-corrected chi connectivity index (χ3v) is 4.26. The summed E-state index contributed by atoms with van der Waals surface area (Å²) in [6.07, 6.45) is 0. The molecule has 0 aliphatic heterocycles. The number of pyridine rings is 1. The Morgan fingerprint density at radius 2 is 2.00 bits per heavy atom. The van der Waals surface area contributed by atoms with Crippen LogP contribution in [0.4, 0.5) is 0 Å². The summed E-state index contributed by atoms with van der Waals surface area (Å²) in [6, 6.07) is 13.1. The van der Waals surface area contributed by atoms with Crippen LogP contribution in [0.15, 0.2) is 42.5 Å². The van der Waals surface area contributed by atoms with Gasteiger partial charge in [-0.2, -0.15) is 0 Å². The number of carbonyl (C=O) groups is 1. The molecule has 0 saturated heterocycles. The topological polar surface area (TPSA) is 68.7 Å². The Balaban J connectivity index is 1.83. The predicted octanol–water partition coefficient (Wildman–Crippen LogP) is 3.76. The van der Waals surface area contributed by atoms with Gasteiger partial charge in [0.25, 0.3) is 0 Å². The van der Waals surface area contributed by atoms with Crippen LogP contribution in [0.2, 0.25) is 0 Å². The van der Waals surface area contributed by atoms with Crippen LogP contribution < -0.4 is 4.74 Å². The van der Waals surface area contributed by atoms with Gasteiger partial charge in [-0.3, -0.25) is 0 Å². The van der Waals surface area contributed by atoms with Crippen molar-refractivity contribution in [1.82, 2.24) is 4.98 Å². The van der Waals surface area contributed by atoms with E-state index < -0.39 is 5.97 Å².